The number of aliphatic hydroxyl groups excluding tert-OH is 1. The van der Waals surface area contributed by atoms with Crippen LogP contribution in [0.5, 0.6) is 0 Å². The van der Waals surface area contributed by atoms with Gasteiger partial charge in [0.15, 0.2) is 0 Å². The second kappa shape index (κ2) is 4.62. The lowest BCUT2D eigenvalue weighted by Gasteiger charge is -2.34. The Morgan fingerprint density at radius 3 is 1.93 bits per heavy atom. The summed E-state index contributed by atoms with van der Waals surface area (Å²) < 4.78 is 0. The molecule has 0 aromatic rings. The second-order valence-corrected chi connectivity index (χ2v) is 12.0. The van der Waals surface area contributed by atoms with Gasteiger partial charge in [-0.25, -0.2) is 0 Å². The van der Waals surface area contributed by atoms with E-state index in [1.54, 1.807) is 0 Å². The predicted molar refractivity (Wildman–Crippen MR) is 67.3 cm³/mol. The first-order valence-corrected chi connectivity index (χ1v) is 9.09. The van der Waals surface area contributed by atoms with Crippen LogP contribution in [-0.2, 0) is 0 Å². The molecule has 0 saturated carbocycles. The van der Waals surface area contributed by atoms with Crippen LogP contribution in [0.2, 0.25) is 25.7 Å². The molecule has 0 spiro atoms. The minimum absolute atomic E-state index is 0.0431. The van der Waals surface area contributed by atoms with Gasteiger partial charge >= 0.3 is 0 Å². The maximum absolute atomic E-state index is 10.2. The summed E-state index contributed by atoms with van der Waals surface area (Å²) in [5.74, 6) is 0.252. The molecular formula is C12H26OSi. The number of rotatable bonds is 4. The van der Waals surface area contributed by atoms with Crippen molar-refractivity contribution >= 4 is 8.07 Å². The molecule has 0 heterocycles. The highest BCUT2D eigenvalue weighted by Crippen LogP contribution is 2.31. The van der Waals surface area contributed by atoms with Gasteiger partial charge in [0.05, 0.1) is 6.10 Å². The van der Waals surface area contributed by atoms with Crippen LogP contribution in [0.4, 0.5) is 0 Å². The molecule has 0 aromatic heterocycles. The molecule has 0 radical (unpaired) electrons. The summed E-state index contributed by atoms with van der Waals surface area (Å²) in [6, 6.07) is 1.12. The van der Waals surface area contributed by atoms with Gasteiger partial charge in [0.2, 0.25) is 0 Å². The fourth-order valence-electron chi connectivity index (χ4n) is 1.67. The van der Waals surface area contributed by atoms with E-state index in [0.717, 1.165) is 6.04 Å². The van der Waals surface area contributed by atoms with Gasteiger partial charge in [0, 0.05) is 14.0 Å². The molecule has 0 bridgehead atoms. The average Bonchev–Trinajstić information content (AvgIpc) is 1.95. The predicted octanol–water partition coefficient (Wildman–Crippen LogP) is 3.53. The summed E-state index contributed by atoms with van der Waals surface area (Å²) in [7, 11) is -1.11. The van der Waals surface area contributed by atoms with Crippen molar-refractivity contribution in [1.29, 1.82) is 0 Å². The first-order chi connectivity index (χ1) is 6.08. The van der Waals surface area contributed by atoms with Crippen LogP contribution in [-0.4, -0.2) is 19.3 Å². The smallest absolute Gasteiger partial charge is 0.0648 e. The quantitative estimate of drug-likeness (QED) is 0.561. The summed E-state index contributed by atoms with van der Waals surface area (Å²) in [4.78, 5) is 0. The highest BCUT2D eigenvalue weighted by Gasteiger charge is 2.31. The molecule has 2 atom stereocenters. The zero-order chi connectivity index (χ0) is 11.6. The number of aliphatic hydroxyl groups is 1. The van der Waals surface area contributed by atoms with E-state index in [1.165, 1.54) is 0 Å². The van der Waals surface area contributed by atoms with Gasteiger partial charge in [-0.05, 0) is 11.5 Å². The first kappa shape index (κ1) is 13.9. The summed E-state index contributed by atoms with van der Waals surface area (Å²) >= 11 is 0. The lowest BCUT2D eigenvalue weighted by atomic mass is 9.82. The van der Waals surface area contributed by atoms with Crippen molar-refractivity contribution in [1.82, 2.24) is 0 Å². The van der Waals surface area contributed by atoms with E-state index in [2.05, 4.69) is 47.0 Å². The lowest BCUT2D eigenvalue weighted by molar-refractivity contribution is 0.0335. The monoisotopic (exact) mass is 214 g/mol. The Hall–Kier alpha value is -0.0831. The SMILES string of the molecule is C=CC(C[Si](C)(C)C)C(O)C(C)(C)C. The van der Waals surface area contributed by atoms with Gasteiger partial charge in [-0.15, -0.1) is 6.58 Å². The molecule has 0 aliphatic rings. The first-order valence-electron chi connectivity index (χ1n) is 5.38. The normalized spacial score (nSPS) is 17.6. The molecular weight excluding hydrogens is 188 g/mol. The number of hydrogen-bond donors (Lipinski definition) is 1. The van der Waals surface area contributed by atoms with Crippen molar-refractivity contribution in [2.75, 3.05) is 0 Å². The van der Waals surface area contributed by atoms with Crippen LogP contribution in [0.1, 0.15) is 20.8 Å². The zero-order valence-electron chi connectivity index (χ0n) is 10.6. The fourth-order valence-corrected chi connectivity index (χ4v) is 3.48. The van der Waals surface area contributed by atoms with Gasteiger partial charge in [-0.3, -0.25) is 0 Å². The Morgan fingerprint density at radius 1 is 1.29 bits per heavy atom. The highest BCUT2D eigenvalue weighted by atomic mass is 28.3. The molecule has 0 saturated heterocycles. The molecule has 0 aromatic carbocycles. The molecule has 1 nitrogen and oxygen atoms in total. The van der Waals surface area contributed by atoms with Gasteiger partial charge in [0.1, 0.15) is 0 Å². The van der Waals surface area contributed by atoms with E-state index < -0.39 is 8.07 Å². The van der Waals surface area contributed by atoms with Crippen LogP contribution < -0.4 is 0 Å². The van der Waals surface area contributed by atoms with Gasteiger partial charge in [0.25, 0.3) is 0 Å². The zero-order valence-corrected chi connectivity index (χ0v) is 11.6. The van der Waals surface area contributed by atoms with Gasteiger partial charge < -0.3 is 5.11 Å². The van der Waals surface area contributed by atoms with E-state index in [0.29, 0.717) is 0 Å². The lowest BCUT2D eigenvalue weighted by Crippen LogP contribution is -2.37. The Labute approximate surface area is 90.2 Å². The molecule has 2 heteroatoms. The molecule has 0 amide bonds. The van der Waals surface area contributed by atoms with Crippen LogP contribution >= 0.6 is 0 Å². The van der Waals surface area contributed by atoms with Crippen LogP contribution in [0.15, 0.2) is 12.7 Å². The second-order valence-electron chi connectivity index (χ2n) is 6.48. The maximum Gasteiger partial charge on any atom is 0.0648 e. The number of hydrogen-bond acceptors (Lipinski definition) is 1. The van der Waals surface area contributed by atoms with Crippen LogP contribution in [0.3, 0.4) is 0 Å². The molecule has 14 heavy (non-hydrogen) atoms. The molecule has 0 fully saturated rings. The molecule has 0 aliphatic heterocycles. The van der Waals surface area contributed by atoms with Crippen molar-refractivity contribution in [3.8, 4) is 0 Å². The Balaban J connectivity index is 4.50. The third kappa shape index (κ3) is 4.96. The summed E-state index contributed by atoms with van der Waals surface area (Å²) in [6.07, 6.45) is 1.65. The molecule has 0 aliphatic carbocycles. The average molecular weight is 214 g/mol. The van der Waals surface area contributed by atoms with Crippen LogP contribution in [0.25, 0.3) is 0 Å². The molecule has 84 valence electrons. The van der Waals surface area contributed by atoms with Crippen molar-refractivity contribution in [2.24, 2.45) is 11.3 Å². The van der Waals surface area contributed by atoms with E-state index >= 15 is 0 Å². The Bertz CT molecular complexity index is 185. The van der Waals surface area contributed by atoms with Crippen molar-refractivity contribution < 1.29 is 5.11 Å². The molecule has 1 N–H and O–H groups in total. The Morgan fingerprint density at radius 2 is 1.71 bits per heavy atom. The maximum atomic E-state index is 10.2. The highest BCUT2D eigenvalue weighted by molar-refractivity contribution is 6.76. The topological polar surface area (TPSA) is 20.2 Å². The van der Waals surface area contributed by atoms with E-state index in [1.807, 2.05) is 6.08 Å². The largest absolute Gasteiger partial charge is 0.392 e. The summed E-state index contributed by atoms with van der Waals surface area (Å²) in [6.45, 7) is 17.1. The fraction of sp³-hybridized carbons (Fsp3) is 0.833. The summed E-state index contributed by atoms with van der Waals surface area (Å²) in [5.41, 5.74) is -0.0431. The van der Waals surface area contributed by atoms with E-state index in [4.69, 9.17) is 0 Å². The third-order valence-electron chi connectivity index (χ3n) is 2.44. The van der Waals surface area contributed by atoms with Gasteiger partial charge in [-0.1, -0.05) is 46.5 Å². The van der Waals surface area contributed by atoms with Crippen molar-refractivity contribution in [3.05, 3.63) is 12.7 Å². The van der Waals surface area contributed by atoms with Crippen LogP contribution in [0, 0.1) is 11.3 Å². The van der Waals surface area contributed by atoms with E-state index in [9.17, 15) is 5.11 Å². The van der Waals surface area contributed by atoms with E-state index in [-0.39, 0.29) is 17.4 Å². The standard InChI is InChI=1S/C12H26OSi/c1-8-10(9-14(5,6)7)11(13)12(2,3)4/h8,10-11,13H,1,9H2,2-7H3. The third-order valence-corrected chi connectivity index (χ3v) is 4.14. The van der Waals surface area contributed by atoms with Crippen molar-refractivity contribution in [2.45, 2.75) is 52.6 Å². The molecule has 0 rings (SSSR count). The minimum Gasteiger partial charge on any atom is -0.392 e. The molecule has 2 unspecified atom stereocenters. The minimum atomic E-state index is -1.11. The summed E-state index contributed by atoms with van der Waals surface area (Å²) in [5, 5.41) is 10.2. The van der Waals surface area contributed by atoms with Gasteiger partial charge in [-0.2, -0.15) is 0 Å². The van der Waals surface area contributed by atoms with Crippen molar-refractivity contribution in [3.63, 3.8) is 0 Å². The Kier molecular flexibility index (Phi) is 4.60.